The van der Waals surface area contributed by atoms with Gasteiger partial charge in [-0.15, -0.1) is 0 Å². The van der Waals surface area contributed by atoms with Crippen LogP contribution in [-0.2, 0) is 4.74 Å². The molecular formula is C15H15IN6O. The lowest BCUT2D eigenvalue weighted by Gasteiger charge is -2.12. The SMILES string of the molecule is Nc1ccccc1Nc1nc(I)nc2c1ncn2C1CCCO1. The summed E-state index contributed by atoms with van der Waals surface area (Å²) in [6.45, 7) is 0.776. The van der Waals surface area contributed by atoms with Gasteiger partial charge in [-0.3, -0.25) is 4.57 Å². The Kier molecular flexibility index (Phi) is 3.77. The van der Waals surface area contributed by atoms with Crippen molar-refractivity contribution in [1.82, 2.24) is 19.5 Å². The summed E-state index contributed by atoms with van der Waals surface area (Å²) in [7, 11) is 0. The van der Waals surface area contributed by atoms with Crippen molar-refractivity contribution in [3.8, 4) is 0 Å². The van der Waals surface area contributed by atoms with Crippen LogP contribution in [-0.4, -0.2) is 26.1 Å². The number of nitrogens with one attached hydrogen (secondary N) is 1. The standard InChI is InChI=1S/C15H15IN6O/c16-15-20-13(19-10-5-2-1-4-9(10)17)12-14(21-15)22(8-18-12)11-6-3-7-23-11/h1-2,4-5,8,11H,3,6-7,17H2,(H,19,20,21). The zero-order valence-electron chi connectivity index (χ0n) is 12.2. The number of nitrogens with two attached hydrogens (primary N) is 1. The molecular weight excluding hydrogens is 407 g/mol. The summed E-state index contributed by atoms with van der Waals surface area (Å²) in [6, 6.07) is 7.57. The summed E-state index contributed by atoms with van der Waals surface area (Å²) in [5.41, 5.74) is 8.95. The number of rotatable bonds is 3. The second kappa shape index (κ2) is 5.93. The van der Waals surface area contributed by atoms with E-state index in [1.807, 2.05) is 28.8 Å². The summed E-state index contributed by atoms with van der Waals surface area (Å²) in [4.78, 5) is 13.5. The average molecular weight is 422 g/mol. The average Bonchev–Trinajstić information content (AvgIpc) is 3.18. The number of anilines is 3. The lowest BCUT2D eigenvalue weighted by molar-refractivity contribution is 0.0592. The van der Waals surface area contributed by atoms with Crippen molar-refractivity contribution >= 4 is 50.9 Å². The van der Waals surface area contributed by atoms with Crippen molar-refractivity contribution < 1.29 is 4.74 Å². The monoisotopic (exact) mass is 422 g/mol. The van der Waals surface area contributed by atoms with E-state index in [9.17, 15) is 0 Å². The topological polar surface area (TPSA) is 90.9 Å². The molecule has 0 aliphatic carbocycles. The zero-order chi connectivity index (χ0) is 15.8. The first kappa shape index (κ1) is 14.6. The highest BCUT2D eigenvalue weighted by molar-refractivity contribution is 14.1. The van der Waals surface area contributed by atoms with Crippen LogP contribution in [0.1, 0.15) is 19.1 Å². The second-order valence-electron chi connectivity index (χ2n) is 5.35. The summed E-state index contributed by atoms with van der Waals surface area (Å²) >= 11 is 2.11. The molecule has 1 saturated heterocycles. The molecule has 0 spiro atoms. The number of imidazole rings is 1. The number of nitrogens with zero attached hydrogens (tertiary/aromatic N) is 4. The third-order valence-corrected chi connectivity index (χ3v) is 4.31. The predicted octanol–water partition coefficient (Wildman–Crippen LogP) is 3.07. The van der Waals surface area contributed by atoms with Crippen molar-refractivity contribution in [2.45, 2.75) is 19.1 Å². The third kappa shape index (κ3) is 2.72. The maximum Gasteiger partial charge on any atom is 0.194 e. The molecule has 8 heteroatoms. The molecule has 3 heterocycles. The fourth-order valence-electron chi connectivity index (χ4n) is 2.71. The van der Waals surface area contributed by atoms with Crippen molar-refractivity contribution in [2.24, 2.45) is 0 Å². The van der Waals surface area contributed by atoms with Crippen LogP contribution < -0.4 is 11.1 Å². The van der Waals surface area contributed by atoms with E-state index in [1.54, 1.807) is 6.33 Å². The van der Waals surface area contributed by atoms with Gasteiger partial charge in [0.05, 0.1) is 17.7 Å². The Balaban J connectivity index is 1.79. The van der Waals surface area contributed by atoms with Crippen LogP contribution in [0.2, 0.25) is 0 Å². The number of hydrogen-bond acceptors (Lipinski definition) is 6. The molecule has 2 aromatic heterocycles. The summed E-state index contributed by atoms with van der Waals surface area (Å²) < 4.78 is 8.37. The number of aromatic nitrogens is 4. The van der Waals surface area contributed by atoms with Crippen LogP contribution in [0.25, 0.3) is 11.2 Å². The largest absolute Gasteiger partial charge is 0.397 e. The molecule has 1 atom stereocenters. The van der Waals surface area contributed by atoms with Gasteiger partial charge in [0.1, 0.15) is 6.23 Å². The molecule has 1 aliphatic heterocycles. The number of hydrogen-bond donors (Lipinski definition) is 2. The van der Waals surface area contributed by atoms with E-state index in [0.717, 1.165) is 30.8 Å². The molecule has 3 N–H and O–H groups in total. The number of fused-ring (bicyclic) bond motifs is 1. The first-order valence-electron chi connectivity index (χ1n) is 7.35. The van der Waals surface area contributed by atoms with Gasteiger partial charge < -0.3 is 15.8 Å². The van der Waals surface area contributed by atoms with Crippen molar-refractivity contribution in [3.05, 3.63) is 34.4 Å². The van der Waals surface area contributed by atoms with Crippen LogP contribution in [0.4, 0.5) is 17.2 Å². The third-order valence-electron chi connectivity index (χ3n) is 3.82. The van der Waals surface area contributed by atoms with Gasteiger partial charge in [0.2, 0.25) is 0 Å². The Bertz CT molecular complexity index is 858. The molecule has 0 bridgehead atoms. The predicted molar refractivity (Wildman–Crippen MR) is 96.4 cm³/mol. The fraction of sp³-hybridized carbons (Fsp3) is 0.267. The summed E-state index contributed by atoms with van der Waals surface area (Å²) in [6.07, 6.45) is 3.80. The van der Waals surface area contributed by atoms with E-state index >= 15 is 0 Å². The lowest BCUT2D eigenvalue weighted by atomic mass is 10.2. The van der Waals surface area contributed by atoms with Crippen LogP contribution >= 0.6 is 22.6 Å². The van der Waals surface area contributed by atoms with Crippen LogP contribution in [0.15, 0.2) is 30.6 Å². The summed E-state index contributed by atoms with van der Waals surface area (Å²) in [5, 5.41) is 3.26. The Morgan fingerprint density at radius 3 is 2.96 bits per heavy atom. The normalized spacial score (nSPS) is 17.7. The Hall–Kier alpha value is -1.94. The van der Waals surface area contributed by atoms with E-state index in [0.29, 0.717) is 20.9 Å². The first-order valence-corrected chi connectivity index (χ1v) is 8.43. The van der Waals surface area contributed by atoms with E-state index in [4.69, 9.17) is 10.5 Å². The zero-order valence-corrected chi connectivity index (χ0v) is 14.4. The molecule has 7 nitrogen and oxygen atoms in total. The number of benzene rings is 1. The van der Waals surface area contributed by atoms with Gasteiger partial charge in [-0.25, -0.2) is 15.0 Å². The van der Waals surface area contributed by atoms with Gasteiger partial charge in [0.15, 0.2) is 20.8 Å². The molecule has 1 fully saturated rings. The van der Waals surface area contributed by atoms with Gasteiger partial charge in [-0.1, -0.05) is 12.1 Å². The van der Waals surface area contributed by atoms with Crippen molar-refractivity contribution in [1.29, 1.82) is 0 Å². The number of ether oxygens (including phenoxy) is 1. The molecule has 1 aliphatic rings. The van der Waals surface area contributed by atoms with Crippen LogP contribution in [0, 0.1) is 3.83 Å². The maximum absolute atomic E-state index is 6.00. The second-order valence-corrected chi connectivity index (χ2v) is 6.31. The molecule has 0 radical (unpaired) electrons. The van der Waals surface area contributed by atoms with E-state index in [-0.39, 0.29) is 6.23 Å². The number of nitrogen functional groups attached to an aromatic ring is 1. The molecule has 0 saturated carbocycles. The maximum atomic E-state index is 6.00. The van der Waals surface area contributed by atoms with E-state index < -0.39 is 0 Å². The fourth-order valence-corrected chi connectivity index (χ4v) is 3.18. The van der Waals surface area contributed by atoms with Gasteiger partial charge >= 0.3 is 0 Å². The van der Waals surface area contributed by atoms with Gasteiger partial charge in [-0.2, -0.15) is 0 Å². The minimum atomic E-state index is 0.000319. The Morgan fingerprint density at radius 2 is 2.17 bits per heavy atom. The molecule has 1 unspecified atom stereocenters. The van der Waals surface area contributed by atoms with Gasteiger partial charge in [-0.05, 0) is 25.0 Å². The summed E-state index contributed by atoms with van der Waals surface area (Å²) in [5.74, 6) is 0.647. The molecule has 118 valence electrons. The highest BCUT2D eigenvalue weighted by atomic mass is 127. The minimum absolute atomic E-state index is 0.000319. The molecule has 3 aromatic rings. The number of para-hydroxylation sites is 2. The first-order chi connectivity index (χ1) is 11.2. The van der Waals surface area contributed by atoms with Crippen LogP contribution in [0.5, 0.6) is 0 Å². The Labute approximate surface area is 146 Å². The van der Waals surface area contributed by atoms with E-state index in [2.05, 4.69) is 42.9 Å². The van der Waals surface area contributed by atoms with Crippen molar-refractivity contribution in [3.63, 3.8) is 0 Å². The van der Waals surface area contributed by atoms with Crippen molar-refractivity contribution in [2.75, 3.05) is 17.7 Å². The Morgan fingerprint density at radius 1 is 1.30 bits per heavy atom. The molecule has 4 rings (SSSR count). The quantitative estimate of drug-likeness (QED) is 0.383. The van der Waals surface area contributed by atoms with Crippen LogP contribution in [0.3, 0.4) is 0 Å². The van der Waals surface area contributed by atoms with E-state index in [1.165, 1.54) is 0 Å². The lowest BCUT2D eigenvalue weighted by Crippen LogP contribution is -2.08. The van der Waals surface area contributed by atoms with Gasteiger partial charge in [0, 0.05) is 29.2 Å². The molecule has 0 amide bonds. The smallest absolute Gasteiger partial charge is 0.194 e. The highest BCUT2D eigenvalue weighted by Crippen LogP contribution is 2.30. The minimum Gasteiger partial charge on any atom is -0.397 e. The van der Waals surface area contributed by atoms with Gasteiger partial charge in [0.25, 0.3) is 0 Å². The highest BCUT2D eigenvalue weighted by Gasteiger charge is 2.22. The molecule has 1 aromatic carbocycles. The number of halogens is 1. The molecule has 23 heavy (non-hydrogen) atoms.